The molecule has 0 heterocycles. The van der Waals surface area contributed by atoms with Crippen LogP contribution in [0.5, 0.6) is 0 Å². The van der Waals surface area contributed by atoms with Crippen molar-refractivity contribution in [2.75, 3.05) is 0 Å². The number of aryl methyl sites for hydroxylation is 2. The standard InChI is InChI=1S/C19H20F3NS/c1-3-14-6-5-7-15(4-2)17(14)18(24)23-12-13-8-10-16(11-9-13)19(20,21)22/h5-11H,3-4,12H2,1-2H3,(H,23,24). The summed E-state index contributed by atoms with van der Waals surface area (Å²) in [5, 5.41) is 3.17. The van der Waals surface area contributed by atoms with Crippen LogP contribution >= 0.6 is 12.2 Å². The molecule has 0 unspecified atom stereocenters. The lowest BCUT2D eigenvalue weighted by molar-refractivity contribution is -0.137. The van der Waals surface area contributed by atoms with Crippen LogP contribution in [-0.2, 0) is 25.6 Å². The third kappa shape index (κ3) is 4.35. The lowest BCUT2D eigenvalue weighted by Gasteiger charge is -2.16. The van der Waals surface area contributed by atoms with Crippen LogP contribution in [0.1, 0.15) is 41.7 Å². The lowest BCUT2D eigenvalue weighted by atomic mass is 9.97. The first-order valence-electron chi connectivity index (χ1n) is 7.91. The van der Waals surface area contributed by atoms with Gasteiger partial charge in [-0.3, -0.25) is 0 Å². The van der Waals surface area contributed by atoms with E-state index in [1.165, 1.54) is 23.3 Å². The van der Waals surface area contributed by atoms with Crippen LogP contribution in [0.4, 0.5) is 13.2 Å². The molecular formula is C19H20F3NS. The van der Waals surface area contributed by atoms with E-state index in [2.05, 4.69) is 31.3 Å². The molecule has 0 bridgehead atoms. The second-order valence-corrected chi connectivity index (χ2v) is 5.94. The molecule has 0 aliphatic heterocycles. The zero-order valence-electron chi connectivity index (χ0n) is 13.7. The fraction of sp³-hybridized carbons (Fsp3) is 0.316. The minimum Gasteiger partial charge on any atom is -0.372 e. The molecule has 0 radical (unpaired) electrons. The minimum absolute atomic E-state index is 0.401. The van der Waals surface area contributed by atoms with Crippen molar-refractivity contribution >= 4 is 17.2 Å². The predicted octanol–water partition coefficient (Wildman–Crippen LogP) is 5.30. The number of halogens is 3. The largest absolute Gasteiger partial charge is 0.416 e. The van der Waals surface area contributed by atoms with Crippen molar-refractivity contribution < 1.29 is 13.2 Å². The van der Waals surface area contributed by atoms with E-state index in [9.17, 15) is 13.2 Å². The SMILES string of the molecule is CCc1cccc(CC)c1C(=S)NCc1ccc(C(F)(F)F)cc1. The maximum absolute atomic E-state index is 12.6. The Balaban J connectivity index is 2.11. The summed E-state index contributed by atoms with van der Waals surface area (Å²) in [6.07, 6.45) is -2.55. The number of hydrogen-bond donors (Lipinski definition) is 1. The minimum atomic E-state index is -4.31. The Morgan fingerprint density at radius 2 is 1.50 bits per heavy atom. The highest BCUT2D eigenvalue weighted by Gasteiger charge is 2.29. The summed E-state index contributed by atoms with van der Waals surface area (Å²) in [6.45, 7) is 4.56. The predicted molar refractivity (Wildman–Crippen MR) is 95.2 cm³/mol. The van der Waals surface area contributed by atoms with E-state index in [4.69, 9.17) is 12.2 Å². The molecule has 0 saturated carbocycles. The summed E-state index contributed by atoms with van der Waals surface area (Å²) in [5.41, 5.74) is 3.53. The molecule has 0 aromatic heterocycles. The number of alkyl halides is 3. The van der Waals surface area contributed by atoms with Gasteiger partial charge in [0.15, 0.2) is 0 Å². The molecule has 0 fully saturated rings. The van der Waals surface area contributed by atoms with Crippen LogP contribution in [0.2, 0.25) is 0 Å². The van der Waals surface area contributed by atoms with Crippen LogP contribution in [0, 0.1) is 0 Å². The van der Waals surface area contributed by atoms with E-state index < -0.39 is 11.7 Å². The summed E-state index contributed by atoms with van der Waals surface area (Å²) in [7, 11) is 0. The summed E-state index contributed by atoms with van der Waals surface area (Å²) >= 11 is 5.52. The molecular weight excluding hydrogens is 331 g/mol. The molecule has 0 saturated heterocycles. The molecule has 128 valence electrons. The van der Waals surface area contributed by atoms with Crippen molar-refractivity contribution in [2.24, 2.45) is 0 Å². The van der Waals surface area contributed by atoms with Crippen LogP contribution in [-0.4, -0.2) is 4.99 Å². The maximum atomic E-state index is 12.6. The van der Waals surface area contributed by atoms with Gasteiger partial charge in [-0.05, 0) is 41.7 Å². The van der Waals surface area contributed by atoms with Crippen molar-refractivity contribution in [3.8, 4) is 0 Å². The molecule has 2 aromatic rings. The second-order valence-electron chi connectivity index (χ2n) is 5.54. The van der Waals surface area contributed by atoms with Gasteiger partial charge in [-0.1, -0.05) is 56.4 Å². The fourth-order valence-electron chi connectivity index (χ4n) is 2.62. The quantitative estimate of drug-likeness (QED) is 0.734. The molecule has 2 aromatic carbocycles. The van der Waals surface area contributed by atoms with Crippen molar-refractivity contribution in [2.45, 2.75) is 39.4 Å². The molecule has 0 aliphatic carbocycles. The van der Waals surface area contributed by atoms with Gasteiger partial charge in [-0.25, -0.2) is 0 Å². The van der Waals surface area contributed by atoms with E-state index in [-0.39, 0.29) is 0 Å². The Labute approximate surface area is 145 Å². The molecule has 1 N–H and O–H groups in total. The first kappa shape index (κ1) is 18.5. The van der Waals surface area contributed by atoms with Gasteiger partial charge >= 0.3 is 6.18 Å². The first-order valence-corrected chi connectivity index (χ1v) is 8.32. The molecule has 24 heavy (non-hydrogen) atoms. The average Bonchev–Trinajstić information content (AvgIpc) is 2.58. The summed E-state index contributed by atoms with van der Waals surface area (Å²) in [4.78, 5) is 0.643. The summed E-state index contributed by atoms with van der Waals surface area (Å²) in [6, 6.07) is 11.3. The second kappa shape index (κ2) is 7.79. The van der Waals surface area contributed by atoms with Gasteiger partial charge < -0.3 is 5.32 Å². The monoisotopic (exact) mass is 351 g/mol. The van der Waals surface area contributed by atoms with Gasteiger partial charge in [0.2, 0.25) is 0 Å². The van der Waals surface area contributed by atoms with Gasteiger partial charge in [0.05, 0.1) is 5.56 Å². The molecule has 1 nitrogen and oxygen atoms in total. The lowest BCUT2D eigenvalue weighted by Crippen LogP contribution is -2.24. The van der Waals surface area contributed by atoms with Gasteiger partial charge in [-0.15, -0.1) is 0 Å². The molecule has 5 heteroatoms. The number of thiocarbonyl (C=S) groups is 1. The zero-order valence-corrected chi connectivity index (χ0v) is 14.5. The van der Waals surface area contributed by atoms with Crippen molar-refractivity contribution in [1.82, 2.24) is 5.32 Å². The van der Waals surface area contributed by atoms with Gasteiger partial charge in [0.25, 0.3) is 0 Å². The van der Waals surface area contributed by atoms with E-state index in [0.717, 1.165) is 36.1 Å². The van der Waals surface area contributed by atoms with Gasteiger partial charge in [0, 0.05) is 12.1 Å². The highest BCUT2D eigenvalue weighted by molar-refractivity contribution is 7.80. The molecule has 0 atom stereocenters. The van der Waals surface area contributed by atoms with Crippen LogP contribution < -0.4 is 5.32 Å². The Kier molecular flexibility index (Phi) is 5.99. The molecule has 0 aliphatic rings. The summed E-state index contributed by atoms with van der Waals surface area (Å²) in [5.74, 6) is 0. The van der Waals surface area contributed by atoms with Crippen LogP contribution in [0.15, 0.2) is 42.5 Å². The number of hydrogen-bond acceptors (Lipinski definition) is 1. The third-order valence-electron chi connectivity index (χ3n) is 3.96. The Morgan fingerprint density at radius 3 is 1.96 bits per heavy atom. The first-order chi connectivity index (χ1) is 11.4. The van der Waals surface area contributed by atoms with E-state index in [1.807, 2.05) is 6.07 Å². The topological polar surface area (TPSA) is 12.0 Å². The molecule has 0 spiro atoms. The molecule has 2 rings (SSSR count). The van der Waals surface area contributed by atoms with Crippen molar-refractivity contribution in [3.05, 3.63) is 70.3 Å². The zero-order chi connectivity index (χ0) is 17.7. The van der Waals surface area contributed by atoms with Crippen molar-refractivity contribution in [1.29, 1.82) is 0 Å². The van der Waals surface area contributed by atoms with E-state index >= 15 is 0 Å². The smallest absolute Gasteiger partial charge is 0.372 e. The highest BCUT2D eigenvalue weighted by Crippen LogP contribution is 2.29. The Bertz CT molecular complexity index is 683. The van der Waals surface area contributed by atoms with E-state index in [0.29, 0.717) is 11.5 Å². The van der Waals surface area contributed by atoms with Crippen LogP contribution in [0.25, 0.3) is 0 Å². The fourth-order valence-corrected chi connectivity index (χ4v) is 2.95. The molecule has 0 amide bonds. The van der Waals surface area contributed by atoms with Gasteiger partial charge in [-0.2, -0.15) is 13.2 Å². The number of nitrogens with one attached hydrogen (secondary N) is 1. The number of benzene rings is 2. The Hall–Kier alpha value is -1.88. The normalized spacial score (nSPS) is 11.4. The Morgan fingerprint density at radius 1 is 0.958 bits per heavy atom. The van der Waals surface area contributed by atoms with Gasteiger partial charge in [0.1, 0.15) is 4.99 Å². The highest BCUT2D eigenvalue weighted by atomic mass is 32.1. The average molecular weight is 351 g/mol. The maximum Gasteiger partial charge on any atom is 0.416 e. The van der Waals surface area contributed by atoms with Crippen LogP contribution in [0.3, 0.4) is 0 Å². The summed E-state index contributed by atoms with van der Waals surface area (Å²) < 4.78 is 37.8. The third-order valence-corrected chi connectivity index (χ3v) is 4.31. The number of rotatable bonds is 5. The van der Waals surface area contributed by atoms with Crippen molar-refractivity contribution in [3.63, 3.8) is 0 Å². The van der Waals surface area contributed by atoms with E-state index in [1.54, 1.807) is 0 Å².